The summed E-state index contributed by atoms with van der Waals surface area (Å²) in [5, 5.41) is 15.5. The van der Waals surface area contributed by atoms with Crippen LogP contribution >= 0.6 is 11.8 Å². The first-order chi connectivity index (χ1) is 16.9. The quantitative estimate of drug-likeness (QED) is 0.454. The van der Waals surface area contributed by atoms with Crippen molar-refractivity contribution in [1.82, 2.24) is 9.97 Å². The van der Waals surface area contributed by atoms with E-state index in [0.717, 1.165) is 22.0 Å². The number of nitrogens with one attached hydrogen (secondary N) is 1. The lowest BCUT2D eigenvalue weighted by Gasteiger charge is -2.51. The molecule has 3 aromatic rings. The maximum absolute atomic E-state index is 13.0. The van der Waals surface area contributed by atoms with E-state index in [4.69, 9.17) is 10.5 Å². The van der Waals surface area contributed by atoms with Gasteiger partial charge in [0, 0.05) is 49.3 Å². The van der Waals surface area contributed by atoms with Crippen molar-refractivity contribution in [2.45, 2.75) is 24.8 Å². The third-order valence-electron chi connectivity index (χ3n) is 6.99. The normalized spacial score (nSPS) is 18.9. The largest absolute Gasteiger partial charge is 0.480 e. The first kappa shape index (κ1) is 23.5. The van der Waals surface area contributed by atoms with Crippen molar-refractivity contribution in [2.24, 2.45) is 11.1 Å². The minimum Gasteiger partial charge on any atom is -0.480 e. The molecule has 1 saturated heterocycles. The van der Waals surface area contributed by atoms with E-state index in [1.54, 1.807) is 24.8 Å². The molecule has 1 aliphatic heterocycles. The molecule has 2 aliphatic rings. The lowest BCUT2D eigenvalue weighted by atomic mass is 9.56. The number of nitrogens with two attached hydrogens (primary N) is 1. The van der Waals surface area contributed by atoms with E-state index in [1.165, 1.54) is 11.8 Å². The molecule has 1 fully saturated rings. The van der Waals surface area contributed by atoms with Gasteiger partial charge in [-0.15, -0.1) is 11.8 Å². The predicted octanol–water partition coefficient (Wildman–Crippen LogP) is 3.69. The molecule has 180 valence electrons. The van der Waals surface area contributed by atoms with Crippen LogP contribution in [-0.4, -0.2) is 51.8 Å². The van der Waals surface area contributed by atoms with Crippen molar-refractivity contribution in [3.63, 3.8) is 0 Å². The first-order valence-electron chi connectivity index (χ1n) is 11.4. The summed E-state index contributed by atoms with van der Waals surface area (Å²) in [5.74, 6) is -0.450. The van der Waals surface area contributed by atoms with E-state index in [2.05, 4.69) is 15.3 Å². The maximum atomic E-state index is 13.0. The van der Waals surface area contributed by atoms with Crippen LogP contribution in [0, 0.1) is 5.41 Å². The SMILES string of the molecule is CSC1=C([C@@](N)(Cc2ccc(Nc3nccc4ccncc34)cc2)C(=O)O)C2(CCOCC2)C1=O. The average Bonchev–Trinajstić information content (AvgIpc) is 2.88. The summed E-state index contributed by atoms with van der Waals surface area (Å²) in [4.78, 5) is 34.6. The third-order valence-corrected chi connectivity index (χ3v) is 7.79. The number of benzene rings is 1. The summed E-state index contributed by atoms with van der Waals surface area (Å²) in [7, 11) is 0. The second kappa shape index (κ2) is 9.07. The molecule has 2 aromatic heterocycles. The number of hydrogen-bond acceptors (Lipinski definition) is 8. The molecule has 0 unspecified atom stereocenters. The summed E-state index contributed by atoms with van der Waals surface area (Å²) in [6, 6.07) is 11.3. The van der Waals surface area contributed by atoms with E-state index in [1.807, 2.05) is 36.4 Å². The van der Waals surface area contributed by atoms with E-state index in [0.29, 0.717) is 42.4 Å². The van der Waals surface area contributed by atoms with Crippen LogP contribution in [0.15, 0.2) is 65.5 Å². The molecule has 0 amide bonds. The number of fused-ring (bicyclic) bond motifs is 1. The lowest BCUT2D eigenvalue weighted by Crippen LogP contribution is -2.63. The van der Waals surface area contributed by atoms with E-state index < -0.39 is 16.9 Å². The Balaban J connectivity index is 1.42. The molecule has 35 heavy (non-hydrogen) atoms. The van der Waals surface area contributed by atoms with E-state index in [-0.39, 0.29) is 12.2 Å². The highest BCUT2D eigenvalue weighted by atomic mass is 32.2. The molecule has 5 rings (SSSR count). The Labute approximate surface area is 207 Å². The molecule has 0 radical (unpaired) electrons. The minimum atomic E-state index is -1.68. The fourth-order valence-corrected chi connectivity index (χ4v) is 6.13. The van der Waals surface area contributed by atoms with Gasteiger partial charge in [0.05, 0.1) is 10.3 Å². The van der Waals surface area contributed by atoms with E-state index >= 15 is 0 Å². The highest BCUT2D eigenvalue weighted by Gasteiger charge is 2.61. The number of anilines is 2. The number of allylic oxidation sites excluding steroid dienone is 1. The second-order valence-corrected chi connectivity index (χ2v) is 9.78. The number of ether oxygens (including phenoxy) is 1. The first-order valence-corrected chi connectivity index (χ1v) is 12.6. The number of carboxylic acid groups (broad SMARTS) is 1. The zero-order valence-corrected chi connectivity index (χ0v) is 20.1. The summed E-state index contributed by atoms with van der Waals surface area (Å²) < 4.78 is 5.46. The van der Waals surface area contributed by atoms with Crippen LogP contribution in [0.2, 0.25) is 0 Å². The molecular formula is C26H26N4O4S. The Hall–Kier alpha value is -3.27. The molecule has 4 N–H and O–H groups in total. The number of nitrogens with zero attached hydrogens (tertiary/aromatic N) is 2. The van der Waals surface area contributed by atoms with Gasteiger partial charge in [-0.1, -0.05) is 12.1 Å². The van der Waals surface area contributed by atoms with E-state index in [9.17, 15) is 14.7 Å². The molecule has 8 nitrogen and oxygen atoms in total. The van der Waals surface area contributed by atoms with Crippen LogP contribution in [0.4, 0.5) is 11.5 Å². The molecule has 9 heteroatoms. The van der Waals surface area contributed by atoms with Gasteiger partial charge in [-0.2, -0.15) is 0 Å². The molecule has 0 bridgehead atoms. The maximum Gasteiger partial charge on any atom is 0.328 e. The van der Waals surface area contributed by atoms with Crippen LogP contribution in [0.25, 0.3) is 10.8 Å². The highest BCUT2D eigenvalue weighted by Crippen LogP contribution is 2.57. The average molecular weight is 491 g/mol. The lowest BCUT2D eigenvalue weighted by molar-refractivity contribution is -0.144. The number of pyridine rings is 2. The molecule has 1 spiro atoms. The van der Waals surface area contributed by atoms with Crippen LogP contribution < -0.4 is 11.1 Å². The second-order valence-electron chi connectivity index (χ2n) is 8.96. The number of carbonyl (C=O) groups excluding carboxylic acids is 1. The summed E-state index contributed by atoms with van der Waals surface area (Å²) in [5.41, 5.74) is 6.25. The topological polar surface area (TPSA) is 127 Å². The molecule has 1 atom stereocenters. The Morgan fingerprint density at radius 1 is 1.20 bits per heavy atom. The Bertz CT molecular complexity index is 1330. The number of Topliss-reactive ketones (excluding diaryl/α,β-unsaturated/α-hetero) is 1. The summed E-state index contributed by atoms with van der Waals surface area (Å²) in [6.45, 7) is 0.843. The fourth-order valence-electron chi connectivity index (χ4n) is 5.17. The zero-order valence-electron chi connectivity index (χ0n) is 19.3. The van der Waals surface area contributed by atoms with Gasteiger partial charge in [0.2, 0.25) is 0 Å². The van der Waals surface area contributed by atoms with Crippen molar-refractivity contribution in [3.8, 4) is 0 Å². The number of rotatable bonds is 7. The number of ketones is 1. The Morgan fingerprint density at radius 2 is 1.91 bits per heavy atom. The smallest absolute Gasteiger partial charge is 0.328 e. The van der Waals surface area contributed by atoms with Gasteiger partial charge in [0.1, 0.15) is 11.4 Å². The van der Waals surface area contributed by atoms with Crippen LogP contribution in [0.3, 0.4) is 0 Å². The fraction of sp³-hybridized carbons (Fsp3) is 0.308. The highest BCUT2D eigenvalue weighted by molar-refractivity contribution is 8.03. The van der Waals surface area contributed by atoms with Gasteiger partial charge in [-0.3, -0.25) is 9.78 Å². The van der Waals surface area contributed by atoms with Gasteiger partial charge in [0.15, 0.2) is 5.78 Å². The molecule has 0 saturated carbocycles. The van der Waals surface area contributed by atoms with Gasteiger partial charge < -0.3 is 20.9 Å². The van der Waals surface area contributed by atoms with Gasteiger partial charge >= 0.3 is 5.97 Å². The van der Waals surface area contributed by atoms with Crippen molar-refractivity contribution in [2.75, 3.05) is 24.8 Å². The molecule has 1 aromatic carbocycles. The number of aromatic nitrogens is 2. The van der Waals surface area contributed by atoms with Gasteiger partial charge in [0.25, 0.3) is 0 Å². The van der Waals surface area contributed by atoms with Crippen molar-refractivity contribution < 1.29 is 19.4 Å². The van der Waals surface area contributed by atoms with Crippen LogP contribution in [0.5, 0.6) is 0 Å². The van der Waals surface area contributed by atoms with Gasteiger partial charge in [-0.05, 0) is 59.9 Å². The summed E-state index contributed by atoms with van der Waals surface area (Å²) >= 11 is 1.28. The summed E-state index contributed by atoms with van der Waals surface area (Å²) in [6.07, 6.45) is 8.03. The number of thioether (sulfide) groups is 1. The van der Waals surface area contributed by atoms with Crippen LogP contribution in [0.1, 0.15) is 18.4 Å². The van der Waals surface area contributed by atoms with Crippen molar-refractivity contribution >= 4 is 45.8 Å². The number of carbonyl (C=O) groups is 2. The molecule has 3 heterocycles. The number of aliphatic carboxylic acids is 1. The van der Waals surface area contributed by atoms with Crippen molar-refractivity contribution in [3.05, 3.63) is 71.0 Å². The Kier molecular flexibility index (Phi) is 6.08. The predicted molar refractivity (Wildman–Crippen MR) is 136 cm³/mol. The third kappa shape index (κ3) is 3.89. The number of carboxylic acids is 1. The Morgan fingerprint density at radius 3 is 2.60 bits per heavy atom. The van der Waals surface area contributed by atoms with Crippen LogP contribution in [-0.2, 0) is 20.7 Å². The minimum absolute atomic E-state index is 0.00370. The van der Waals surface area contributed by atoms with Crippen molar-refractivity contribution in [1.29, 1.82) is 0 Å². The monoisotopic (exact) mass is 490 g/mol. The number of hydrogen-bond donors (Lipinski definition) is 3. The standard InChI is InChI=1S/C26H26N4O4S/c1-35-20-21(25(22(20)31)8-12-34-13-9-25)26(27,24(32)33)14-16-2-4-18(5-3-16)30-23-19-15-28-10-6-17(19)7-11-29-23/h2-7,10-11,15H,8-9,12-14,27H2,1H3,(H,29,30)(H,32,33)/t26-/m0/s1. The zero-order chi connectivity index (χ0) is 24.6. The van der Waals surface area contributed by atoms with Gasteiger partial charge in [-0.25, -0.2) is 9.78 Å². The molecular weight excluding hydrogens is 464 g/mol. The molecule has 1 aliphatic carbocycles.